The lowest BCUT2D eigenvalue weighted by atomic mass is 10.2. The van der Waals surface area contributed by atoms with E-state index >= 15 is 0 Å². The number of ether oxygens (including phenoxy) is 1. The van der Waals surface area contributed by atoms with Crippen LogP contribution in [-0.2, 0) is 6.54 Å². The van der Waals surface area contributed by atoms with Crippen LogP contribution in [0.1, 0.15) is 18.9 Å². The van der Waals surface area contributed by atoms with Crippen molar-refractivity contribution >= 4 is 31.9 Å². The summed E-state index contributed by atoms with van der Waals surface area (Å²) in [6, 6.07) is 6.09. The van der Waals surface area contributed by atoms with Crippen LogP contribution in [-0.4, -0.2) is 13.2 Å². The van der Waals surface area contributed by atoms with Gasteiger partial charge in [0.05, 0.1) is 17.1 Å². The third kappa shape index (κ3) is 4.66. The largest absolute Gasteiger partial charge is 0.492 e. The molecule has 0 aliphatic rings. The summed E-state index contributed by atoms with van der Waals surface area (Å²) >= 11 is 6.94. The van der Waals surface area contributed by atoms with E-state index in [4.69, 9.17) is 10.00 Å². The Kier molecular flexibility index (Phi) is 6.56. The molecule has 0 saturated heterocycles. The molecule has 0 amide bonds. The topological polar surface area (TPSA) is 45.0 Å². The molecule has 0 bridgehead atoms. The quantitative estimate of drug-likeness (QED) is 0.787. The number of hydrogen-bond acceptors (Lipinski definition) is 3. The Bertz CT molecular complexity index is 416. The standard InChI is InChI=1S/C12H14Br2N2O/c1-2-17-12-9(8-16-5-3-4-15)6-10(13)7-11(12)14/h6-7,16H,2-3,5,8H2,1H3. The van der Waals surface area contributed by atoms with Crippen LogP contribution in [0.15, 0.2) is 21.1 Å². The van der Waals surface area contributed by atoms with Gasteiger partial charge >= 0.3 is 0 Å². The third-order valence-electron chi connectivity index (χ3n) is 2.10. The summed E-state index contributed by atoms with van der Waals surface area (Å²) in [5.74, 6) is 0.861. The van der Waals surface area contributed by atoms with Gasteiger partial charge in [-0.1, -0.05) is 15.9 Å². The summed E-state index contributed by atoms with van der Waals surface area (Å²) in [6.07, 6.45) is 0.513. The van der Waals surface area contributed by atoms with Crippen LogP contribution in [0, 0.1) is 11.3 Å². The second kappa shape index (κ2) is 7.70. The average Bonchev–Trinajstić information content (AvgIpc) is 2.29. The van der Waals surface area contributed by atoms with E-state index < -0.39 is 0 Å². The van der Waals surface area contributed by atoms with Crippen molar-refractivity contribution < 1.29 is 4.74 Å². The number of halogens is 2. The maximum atomic E-state index is 8.46. The van der Waals surface area contributed by atoms with Crippen LogP contribution in [0.2, 0.25) is 0 Å². The van der Waals surface area contributed by atoms with Gasteiger partial charge in [-0.05, 0) is 35.0 Å². The van der Waals surface area contributed by atoms with E-state index in [0.717, 1.165) is 20.3 Å². The molecule has 17 heavy (non-hydrogen) atoms. The predicted octanol–water partition coefficient (Wildman–Crippen LogP) is 3.61. The van der Waals surface area contributed by atoms with Gasteiger partial charge in [0, 0.05) is 29.5 Å². The Hall–Kier alpha value is -0.570. The molecule has 0 aliphatic carbocycles. The van der Waals surface area contributed by atoms with Crippen LogP contribution >= 0.6 is 31.9 Å². The van der Waals surface area contributed by atoms with Crippen molar-refractivity contribution in [2.75, 3.05) is 13.2 Å². The maximum Gasteiger partial charge on any atom is 0.138 e. The molecule has 1 N–H and O–H groups in total. The fourth-order valence-corrected chi connectivity index (χ4v) is 2.85. The first-order valence-corrected chi connectivity index (χ1v) is 6.96. The van der Waals surface area contributed by atoms with Crippen LogP contribution in [0.3, 0.4) is 0 Å². The molecule has 1 aromatic rings. The molecule has 0 heterocycles. The van der Waals surface area contributed by atoms with Crippen LogP contribution in [0.5, 0.6) is 5.75 Å². The fourth-order valence-electron chi connectivity index (χ4n) is 1.42. The minimum Gasteiger partial charge on any atom is -0.492 e. The number of nitriles is 1. The Morgan fingerprint density at radius 1 is 1.41 bits per heavy atom. The summed E-state index contributed by atoms with van der Waals surface area (Å²) < 4.78 is 7.55. The van der Waals surface area contributed by atoms with Crippen molar-refractivity contribution in [1.29, 1.82) is 5.26 Å². The number of benzene rings is 1. The number of rotatable bonds is 6. The molecule has 0 unspecified atom stereocenters. The first-order chi connectivity index (χ1) is 8.19. The molecular weight excluding hydrogens is 348 g/mol. The zero-order valence-corrected chi connectivity index (χ0v) is 12.8. The van der Waals surface area contributed by atoms with Crippen LogP contribution in [0.25, 0.3) is 0 Å². The van der Waals surface area contributed by atoms with Crippen molar-refractivity contribution in [2.24, 2.45) is 0 Å². The lowest BCUT2D eigenvalue weighted by molar-refractivity contribution is 0.333. The molecule has 5 heteroatoms. The molecule has 0 fully saturated rings. The van der Waals surface area contributed by atoms with Gasteiger partial charge in [-0.15, -0.1) is 0 Å². The normalized spacial score (nSPS) is 10.0. The van der Waals surface area contributed by atoms with Crippen molar-refractivity contribution in [2.45, 2.75) is 19.9 Å². The highest BCUT2D eigenvalue weighted by Crippen LogP contribution is 2.32. The van der Waals surface area contributed by atoms with Gasteiger partial charge in [0.15, 0.2) is 0 Å². The predicted molar refractivity (Wildman–Crippen MR) is 74.9 cm³/mol. The Balaban J connectivity index is 2.77. The third-order valence-corrected chi connectivity index (χ3v) is 3.15. The highest BCUT2D eigenvalue weighted by atomic mass is 79.9. The van der Waals surface area contributed by atoms with Crippen LogP contribution in [0.4, 0.5) is 0 Å². The average molecular weight is 362 g/mol. The molecule has 0 saturated carbocycles. The molecule has 0 radical (unpaired) electrons. The molecule has 1 rings (SSSR count). The monoisotopic (exact) mass is 360 g/mol. The maximum absolute atomic E-state index is 8.46. The summed E-state index contributed by atoms with van der Waals surface area (Å²) in [5.41, 5.74) is 1.08. The van der Waals surface area contributed by atoms with E-state index in [-0.39, 0.29) is 0 Å². The van der Waals surface area contributed by atoms with E-state index in [1.165, 1.54) is 0 Å². The Morgan fingerprint density at radius 2 is 2.18 bits per heavy atom. The summed E-state index contributed by atoms with van der Waals surface area (Å²) in [7, 11) is 0. The molecule has 92 valence electrons. The SMILES string of the molecule is CCOc1c(Br)cc(Br)cc1CNCCC#N. The van der Waals surface area contributed by atoms with Gasteiger partial charge in [-0.3, -0.25) is 0 Å². The van der Waals surface area contributed by atoms with Gasteiger partial charge in [0.25, 0.3) is 0 Å². The summed E-state index contributed by atoms with van der Waals surface area (Å²) in [6.45, 7) is 3.97. The second-order valence-electron chi connectivity index (χ2n) is 3.39. The van der Waals surface area contributed by atoms with Crippen molar-refractivity contribution in [1.82, 2.24) is 5.32 Å². The minimum absolute atomic E-state index is 0.513. The molecule has 0 atom stereocenters. The molecule has 3 nitrogen and oxygen atoms in total. The lowest BCUT2D eigenvalue weighted by Crippen LogP contribution is -2.15. The molecular formula is C12H14Br2N2O. The lowest BCUT2D eigenvalue weighted by Gasteiger charge is -2.13. The molecule has 0 aliphatic heterocycles. The van der Waals surface area contributed by atoms with Gasteiger partial charge in [-0.2, -0.15) is 5.26 Å². The van der Waals surface area contributed by atoms with E-state index in [2.05, 4.69) is 43.2 Å². The fraction of sp³-hybridized carbons (Fsp3) is 0.417. The van der Waals surface area contributed by atoms with Gasteiger partial charge < -0.3 is 10.1 Å². The molecule has 1 aromatic carbocycles. The van der Waals surface area contributed by atoms with E-state index in [9.17, 15) is 0 Å². The Labute approximate surface area is 118 Å². The van der Waals surface area contributed by atoms with Gasteiger partial charge in [-0.25, -0.2) is 0 Å². The van der Waals surface area contributed by atoms with Gasteiger partial charge in [0.2, 0.25) is 0 Å². The van der Waals surface area contributed by atoms with Crippen molar-refractivity contribution in [3.63, 3.8) is 0 Å². The summed E-state index contributed by atoms with van der Waals surface area (Å²) in [5, 5.41) is 11.7. The minimum atomic E-state index is 0.513. The number of nitrogens with zero attached hydrogens (tertiary/aromatic N) is 1. The molecule has 0 aromatic heterocycles. The first-order valence-electron chi connectivity index (χ1n) is 5.37. The highest BCUT2D eigenvalue weighted by molar-refractivity contribution is 9.11. The van der Waals surface area contributed by atoms with Crippen molar-refractivity contribution in [3.05, 3.63) is 26.6 Å². The highest BCUT2D eigenvalue weighted by Gasteiger charge is 2.09. The van der Waals surface area contributed by atoms with Crippen LogP contribution < -0.4 is 10.1 Å². The van der Waals surface area contributed by atoms with E-state index in [0.29, 0.717) is 26.1 Å². The smallest absolute Gasteiger partial charge is 0.138 e. The summed E-state index contributed by atoms with van der Waals surface area (Å²) in [4.78, 5) is 0. The van der Waals surface area contributed by atoms with E-state index in [1.807, 2.05) is 19.1 Å². The van der Waals surface area contributed by atoms with Crippen molar-refractivity contribution in [3.8, 4) is 11.8 Å². The number of hydrogen-bond donors (Lipinski definition) is 1. The zero-order valence-electron chi connectivity index (χ0n) is 9.59. The number of nitrogens with one attached hydrogen (secondary N) is 1. The van der Waals surface area contributed by atoms with E-state index in [1.54, 1.807) is 0 Å². The zero-order chi connectivity index (χ0) is 12.7. The Morgan fingerprint density at radius 3 is 2.82 bits per heavy atom. The molecule has 0 spiro atoms. The first kappa shape index (κ1) is 14.5. The van der Waals surface area contributed by atoms with Gasteiger partial charge in [0.1, 0.15) is 5.75 Å². The second-order valence-corrected chi connectivity index (χ2v) is 5.16.